The highest BCUT2D eigenvalue weighted by Crippen LogP contribution is 2.29. The molecule has 1 saturated heterocycles. The predicted octanol–water partition coefficient (Wildman–Crippen LogP) is 3.57. The van der Waals surface area contributed by atoms with Crippen molar-refractivity contribution in [3.05, 3.63) is 42.1 Å². The molecule has 3 aromatic rings. The first-order valence-corrected chi connectivity index (χ1v) is 9.73. The topological polar surface area (TPSA) is 82.2 Å². The molecule has 0 atom stereocenters. The number of alkyl halides is 3. The zero-order valence-electron chi connectivity index (χ0n) is 17.1. The summed E-state index contributed by atoms with van der Waals surface area (Å²) in [5.41, 5.74) is 1.30. The number of likely N-dealkylation sites (N-methyl/N-ethyl adjacent to an activating group) is 1. The van der Waals surface area contributed by atoms with E-state index in [0.29, 0.717) is 28.8 Å². The lowest BCUT2D eigenvalue weighted by Gasteiger charge is -2.33. The number of H-pyrrole nitrogens is 1. The Morgan fingerprint density at radius 2 is 1.81 bits per heavy atom. The van der Waals surface area contributed by atoms with Crippen LogP contribution in [-0.4, -0.2) is 64.7 Å². The molecule has 0 radical (unpaired) electrons. The number of ether oxygens (including phenoxy) is 1. The number of piperazine rings is 1. The van der Waals surface area contributed by atoms with E-state index < -0.39 is 6.36 Å². The summed E-state index contributed by atoms with van der Waals surface area (Å²) in [5, 5.41) is 10.1. The third kappa shape index (κ3) is 5.43. The minimum absolute atomic E-state index is 0.291. The van der Waals surface area contributed by atoms with Crippen molar-refractivity contribution in [3.63, 3.8) is 0 Å². The molecule has 0 saturated carbocycles. The number of rotatable bonds is 5. The molecule has 1 fully saturated rings. The fraction of sp³-hybridized carbons (Fsp3) is 0.350. The van der Waals surface area contributed by atoms with Crippen molar-refractivity contribution in [3.8, 4) is 17.1 Å². The number of aromatic amines is 1. The summed E-state index contributed by atoms with van der Waals surface area (Å²) in [7, 11) is 2.06. The van der Waals surface area contributed by atoms with Crippen molar-refractivity contribution in [2.45, 2.75) is 13.3 Å². The second-order valence-corrected chi connectivity index (χ2v) is 7.36. The molecule has 1 aromatic carbocycles. The quantitative estimate of drug-likeness (QED) is 0.637. The third-order valence-corrected chi connectivity index (χ3v) is 4.83. The Hall–Kier alpha value is -3.34. The van der Waals surface area contributed by atoms with E-state index in [1.165, 1.54) is 18.2 Å². The van der Waals surface area contributed by atoms with Gasteiger partial charge in [0.15, 0.2) is 11.6 Å². The van der Waals surface area contributed by atoms with Crippen LogP contribution in [0, 0.1) is 6.92 Å². The van der Waals surface area contributed by atoms with Gasteiger partial charge in [-0.3, -0.25) is 5.10 Å². The first-order valence-electron chi connectivity index (χ1n) is 9.73. The Bertz CT molecular complexity index is 1050. The zero-order chi connectivity index (χ0) is 22.0. The van der Waals surface area contributed by atoms with Gasteiger partial charge in [0, 0.05) is 49.6 Å². The molecule has 3 heterocycles. The van der Waals surface area contributed by atoms with Gasteiger partial charge < -0.3 is 19.9 Å². The van der Waals surface area contributed by atoms with Crippen LogP contribution in [0.5, 0.6) is 5.75 Å². The normalized spacial score (nSPS) is 15.2. The molecule has 0 bridgehead atoms. The van der Waals surface area contributed by atoms with E-state index in [4.69, 9.17) is 0 Å². The maximum Gasteiger partial charge on any atom is 0.573 e. The van der Waals surface area contributed by atoms with E-state index in [2.05, 4.69) is 47.1 Å². The minimum atomic E-state index is -4.77. The fourth-order valence-electron chi connectivity index (χ4n) is 3.27. The van der Waals surface area contributed by atoms with Crippen molar-refractivity contribution in [2.75, 3.05) is 43.4 Å². The molecule has 1 aliphatic rings. The van der Waals surface area contributed by atoms with Crippen molar-refractivity contribution in [1.29, 1.82) is 0 Å². The molecule has 0 amide bonds. The van der Waals surface area contributed by atoms with Crippen LogP contribution in [0.1, 0.15) is 5.69 Å². The molecular weight excluding hydrogens is 411 g/mol. The standard InChI is InChI=1S/C20H22F3N7O/c1-13-10-17(28-27-13)24-16-12-18(30-8-6-29(2)7-9-30)26-19(25-16)14-4-3-5-15(11-14)31-20(21,22)23/h3-5,10-12H,6-9H2,1-2H3,(H2,24,25,26,27,28). The smallest absolute Gasteiger partial charge is 0.406 e. The highest BCUT2D eigenvalue weighted by atomic mass is 19.4. The van der Waals surface area contributed by atoms with Crippen molar-refractivity contribution in [2.24, 2.45) is 0 Å². The van der Waals surface area contributed by atoms with Crippen LogP contribution in [0.4, 0.5) is 30.6 Å². The van der Waals surface area contributed by atoms with Gasteiger partial charge in [0.2, 0.25) is 0 Å². The predicted molar refractivity (Wildman–Crippen MR) is 110 cm³/mol. The summed E-state index contributed by atoms with van der Waals surface area (Å²) >= 11 is 0. The summed E-state index contributed by atoms with van der Waals surface area (Å²) in [4.78, 5) is 13.5. The molecule has 0 spiro atoms. The second-order valence-electron chi connectivity index (χ2n) is 7.36. The number of nitrogens with one attached hydrogen (secondary N) is 2. The maximum absolute atomic E-state index is 12.6. The van der Waals surface area contributed by atoms with E-state index in [1.807, 2.05) is 19.1 Å². The number of halogens is 3. The molecule has 0 aliphatic carbocycles. The van der Waals surface area contributed by atoms with Gasteiger partial charge in [-0.05, 0) is 26.1 Å². The maximum atomic E-state index is 12.6. The minimum Gasteiger partial charge on any atom is -0.406 e. The van der Waals surface area contributed by atoms with Gasteiger partial charge in [0.05, 0.1) is 0 Å². The Morgan fingerprint density at radius 1 is 1.03 bits per heavy atom. The van der Waals surface area contributed by atoms with Crippen LogP contribution in [-0.2, 0) is 0 Å². The SMILES string of the molecule is Cc1cc(Nc2cc(N3CCN(C)CC3)nc(-c3cccc(OC(F)(F)F)c3)n2)n[nH]1. The van der Waals surface area contributed by atoms with Crippen LogP contribution in [0.2, 0.25) is 0 Å². The number of nitrogens with zero attached hydrogens (tertiary/aromatic N) is 5. The number of anilines is 3. The summed E-state index contributed by atoms with van der Waals surface area (Å²) < 4.78 is 42.0. The number of hydrogen-bond acceptors (Lipinski definition) is 7. The van der Waals surface area contributed by atoms with Gasteiger partial charge in [-0.15, -0.1) is 13.2 Å². The molecule has 4 rings (SSSR count). The highest BCUT2D eigenvalue weighted by molar-refractivity contribution is 5.65. The van der Waals surface area contributed by atoms with Crippen LogP contribution < -0.4 is 15.0 Å². The zero-order valence-corrected chi connectivity index (χ0v) is 17.1. The number of benzene rings is 1. The van der Waals surface area contributed by atoms with Crippen molar-refractivity contribution in [1.82, 2.24) is 25.1 Å². The molecule has 1 aliphatic heterocycles. The number of aryl methyl sites for hydroxylation is 1. The van der Waals surface area contributed by atoms with Gasteiger partial charge in [0.25, 0.3) is 0 Å². The Morgan fingerprint density at radius 3 is 2.48 bits per heavy atom. The first-order chi connectivity index (χ1) is 14.7. The lowest BCUT2D eigenvalue weighted by Crippen LogP contribution is -2.44. The van der Waals surface area contributed by atoms with Gasteiger partial charge >= 0.3 is 6.36 Å². The lowest BCUT2D eigenvalue weighted by atomic mass is 10.2. The summed E-state index contributed by atoms with van der Waals surface area (Å²) in [5.74, 6) is 1.73. The van der Waals surface area contributed by atoms with Crippen LogP contribution in [0.15, 0.2) is 36.4 Å². The molecule has 11 heteroatoms. The van der Waals surface area contributed by atoms with Crippen molar-refractivity contribution < 1.29 is 17.9 Å². The molecule has 164 valence electrons. The highest BCUT2D eigenvalue weighted by Gasteiger charge is 2.31. The van der Waals surface area contributed by atoms with Gasteiger partial charge in [-0.25, -0.2) is 9.97 Å². The van der Waals surface area contributed by atoms with E-state index in [1.54, 1.807) is 6.07 Å². The van der Waals surface area contributed by atoms with Crippen LogP contribution in [0.3, 0.4) is 0 Å². The third-order valence-electron chi connectivity index (χ3n) is 4.83. The monoisotopic (exact) mass is 433 g/mol. The van der Waals surface area contributed by atoms with Crippen LogP contribution in [0.25, 0.3) is 11.4 Å². The van der Waals surface area contributed by atoms with Gasteiger partial charge in [0.1, 0.15) is 17.4 Å². The van der Waals surface area contributed by atoms with E-state index in [-0.39, 0.29) is 5.75 Å². The summed E-state index contributed by atoms with van der Waals surface area (Å²) in [6, 6.07) is 9.29. The largest absolute Gasteiger partial charge is 0.573 e. The van der Waals surface area contributed by atoms with Gasteiger partial charge in [-0.2, -0.15) is 5.10 Å². The molecule has 31 heavy (non-hydrogen) atoms. The Kier molecular flexibility index (Phi) is 5.68. The van der Waals surface area contributed by atoms with Crippen LogP contribution >= 0.6 is 0 Å². The van der Waals surface area contributed by atoms with Gasteiger partial charge in [-0.1, -0.05) is 12.1 Å². The number of hydrogen-bond donors (Lipinski definition) is 2. The fourth-order valence-corrected chi connectivity index (χ4v) is 3.27. The first kappa shape index (κ1) is 20.9. The number of aromatic nitrogens is 4. The average molecular weight is 433 g/mol. The molecule has 2 aromatic heterocycles. The molecule has 8 nitrogen and oxygen atoms in total. The molecule has 0 unspecified atom stereocenters. The summed E-state index contributed by atoms with van der Waals surface area (Å²) in [6.07, 6.45) is -4.77. The summed E-state index contributed by atoms with van der Waals surface area (Å²) in [6.45, 7) is 5.22. The van der Waals surface area contributed by atoms with E-state index in [0.717, 1.165) is 31.9 Å². The molecular formula is C20H22F3N7O. The van der Waals surface area contributed by atoms with E-state index in [9.17, 15) is 13.2 Å². The molecule has 2 N–H and O–H groups in total. The van der Waals surface area contributed by atoms with Crippen molar-refractivity contribution >= 4 is 17.5 Å². The van der Waals surface area contributed by atoms with E-state index >= 15 is 0 Å². The lowest BCUT2D eigenvalue weighted by molar-refractivity contribution is -0.274. The Labute approximate surface area is 177 Å². The second kappa shape index (κ2) is 8.42. The average Bonchev–Trinajstić information content (AvgIpc) is 3.12. The Balaban J connectivity index is 1.69.